The predicted octanol–water partition coefficient (Wildman–Crippen LogP) is -17.8. The molecule has 0 aromatic heterocycles. The molecule has 0 atom stereocenters. The van der Waals surface area contributed by atoms with Crippen molar-refractivity contribution in [1.82, 2.24) is 20.2 Å². The molecule has 0 radical (unpaired) electrons. The van der Waals surface area contributed by atoms with Crippen LogP contribution in [0, 0.1) is 0 Å². The standard InChI is InChI=1S/5C3H6NO2S.5FH/c5*1-5-3(4-7)6-2;;;;;/h5*1-2H3;5*1H/q5*+1;;;;;/p-5. The van der Waals surface area contributed by atoms with Crippen LogP contribution in [0.1, 0.15) is 0 Å². The molecule has 0 rings (SSSR count). The molecule has 0 bridgehead atoms. The normalized spacial score (nSPS) is 5.75. The second kappa shape index (κ2) is 60.3. The van der Waals surface area contributed by atoms with Gasteiger partial charge in [-0.25, -0.2) is 0 Å². The zero-order valence-corrected chi connectivity index (χ0v) is 26.8. The number of ether oxygens (including phenoxy) is 10. The zero-order valence-electron chi connectivity index (χ0n) is 22.7. The topological polar surface area (TPSA) is 163 Å². The van der Waals surface area contributed by atoms with E-state index in [4.69, 9.17) is 0 Å². The highest BCUT2D eigenvalue weighted by atomic mass is 32.1. The summed E-state index contributed by atoms with van der Waals surface area (Å²) in [4.78, 5) is 0. The highest BCUT2D eigenvalue weighted by Crippen LogP contribution is 1.69. The smallest absolute Gasteiger partial charge is 0.694 e. The number of halogens is 5. The SMILES string of the molecule is COC(=[N+]=S)OC.COC(=[N+]=S)OC.COC(=[N+]=S)OC.COC(=[N+]=S)OC.COC(=[N+]=S)OC.[F-].[F-].[F-].[F-].[F-]. The van der Waals surface area contributed by atoms with Gasteiger partial charge < -0.3 is 70.9 Å². The van der Waals surface area contributed by atoms with Crippen molar-refractivity contribution in [2.24, 2.45) is 0 Å². The van der Waals surface area contributed by atoms with Gasteiger partial charge in [0.2, 0.25) is 0 Å². The van der Waals surface area contributed by atoms with Crippen molar-refractivity contribution in [1.29, 1.82) is 0 Å². The van der Waals surface area contributed by atoms with Gasteiger partial charge in [-0.3, -0.25) is 0 Å². The van der Waals surface area contributed by atoms with Crippen molar-refractivity contribution in [3.63, 3.8) is 0 Å². The number of hydrogen-bond donors (Lipinski definition) is 0. The first-order chi connectivity index (χ1) is 16.7. The highest BCUT2D eigenvalue weighted by molar-refractivity contribution is 7.47. The van der Waals surface area contributed by atoms with Gasteiger partial charge in [0, 0.05) is 0 Å². The molecule has 0 unspecified atom stereocenters. The van der Waals surface area contributed by atoms with Crippen LogP contribution in [0.4, 0.5) is 0 Å². The first-order valence-electron chi connectivity index (χ1n) is 8.15. The summed E-state index contributed by atoms with van der Waals surface area (Å²) < 4.78 is 60.6. The van der Waals surface area contributed by atoms with Gasteiger partial charge in [0.1, 0.15) is 20.2 Å². The number of nitrogens with zero attached hydrogens (tertiary/aromatic N) is 5. The minimum Gasteiger partial charge on any atom is -1.00 e. The van der Waals surface area contributed by atoms with Gasteiger partial charge in [-0.15, -0.1) is 0 Å². The van der Waals surface area contributed by atoms with Gasteiger partial charge in [0.25, 0.3) is 0 Å². The molecule has 40 heavy (non-hydrogen) atoms. The lowest BCUT2D eigenvalue weighted by atomic mass is 11.2. The molecular formula is C15H30F5N5O10S5. The Hall–Kier alpha value is -3.35. The third-order valence-electron chi connectivity index (χ3n) is 2.12. The van der Waals surface area contributed by atoms with Crippen molar-refractivity contribution >= 4 is 92.5 Å². The second-order valence-corrected chi connectivity index (χ2v) is 4.74. The fraction of sp³-hybridized carbons (Fsp3) is 0.667. The van der Waals surface area contributed by atoms with Crippen LogP contribution in [-0.2, 0) is 109 Å². The first-order valence-corrected chi connectivity index (χ1v) is 9.98. The molecule has 15 nitrogen and oxygen atoms in total. The van der Waals surface area contributed by atoms with Gasteiger partial charge in [0.15, 0.2) is 0 Å². The molecule has 0 heterocycles. The maximum Gasteiger partial charge on any atom is 0.694 e. The van der Waals surface area contributed by atoms with Crippen LogP contribution in [-0.4, -0.2) is 102 Å². The quantitative estimate of drug-likeness (QED) is 0.102. The molecule has 240 valence electrons. The second-order valence-electron chi connectivity index (χ2n) is 3.83. The Morgan fingerprint density at radius 3 is 0.350 bits per heavy atom. The van der Waals surface area contributed by atoms with Gasteiger partial charge in [0.05, 0.1) is 71.1 Å². The Morgan fingerprint density at radius 1 is 0.275 bits per heavy atom. The van der Waals surface area contributed by atoms with E-state index in [1.165, 1.54) is 71.1 Å². The zero-order chi connectivity index (χ0) is 28.5. The molecule has 0 N–H and O–H groups in total. The lowest BCUT2D eigenvalue weighted by Crippen LogP contribution is -3.00. The van der Waals surface area contributed by atoms with Crippen molar-refractivity contribution in [3.8, 4) is 0 Å². The maximum absolute atomic E-state index is 4.47. The third kappa shape index (κ3) is 55.2. The van der Waals surface area contributed by atoms with E-state index in [9.17, 15) is 0 Å². The van der Waals surface area contributed by atoms with E-state index in [0.717, 1.165) is 0 Å². The monoisotopic (exact) mass is 695 g/mol. The van der Waals surface area contributed by atoms with Crippen LogP contribution >= 0.6 is 0 Å². The van der Waals surface area contributed by atoms with Crippen LogP contribution in [0.5, 0.6) is 0 Å². The lowest BCUT2D eigenvalue weighted by Gasteiger charge is -1.82. The minimum absolute atomic E-state index is 0. The molecule has 0 aliphatic heterocycles. The molecule has 0 spiro atoms. The molecular weight excluding hydrogens is 666 g/mol. The van der Waals surface area contributed by atoms with Crippen molar-refractivity contribution in [2.45, 2.75) is 0 Å². The Morgan fingerprint density at radius 2 is 0.350 bits per heavy atom. The van der Waals surface area contributed by atoms with Crippen LogP contribution in [0.2, 0.25) is 0 Å². The summed E-state index contributed by atoms with van der Waals surface area (Å²) in [6, 6.07) is 0. The van der Waals surface area contributed by atoms with Gasteiger partial charge in [-0.2, -0.15) is 0 Å². The van der Waals surface area contributed by atoms with E-state index in [1.54, 1.807) is 0 Å². The van der Waals surface area contributed by atoms with E-state index < -0.39 is 0 Å². The molecule has 0 amide bonds. The van der Waals surface area contributed by atoms with Crippen LogP contribution in [0.25, 0.3) is 0 Å². The summed E-state index contributed by atoms with van der Waals surface area (Å²) in [6.45, 7) is 0. The number of rotatable bonds is 0. The Labute approximate surface area is 254 Å². The molecule has 0 aromatic rings. The Kier molecular flexibility index (Phi) is 98.8. The van der Waals surface area contributed by atoms with Crippen molar-refractivity contribution in [3.05, 3.63) is 0 Å². The average Bonchev–Trinajstić information content (AvgIpc) is 2.91. The predicted molar refractivity (Wildman–Crippen MR) is 143 cm³/mol. The summed E-state index contributed by atoms with van der Waals surface area (Å²) >= 11 is 21.0. The lowest BCUT2D eigenvalue weighted by molar-refractivity contribution is -0.00100. The van der Waals surface area contributed by atoms with E-state index in [0.29, 0.717) is 0 Å². The number of hydrogen-bond acceptors (Lipinski definition) is 15. The Balaban J connectivity index is -0.0000000341. The summed E-state index contributed by atoms with van der Waals surface area (Å²) in [5.74, 6) is 0. The largest absolute Gasteiger partial charge is 1.00 e. The van der Waals surface area contributed by atoms with Crippen LogP contribution in [0.15, 0.2) is 0 Å². The van der Waals surface area contributed by atoms with Crippen molar-refractivity contribution in [2.75, 3.05) is 71.1 Å². The minimum atomic E-state index is 0. The van der Waals surface area contributed by atoms with Gasteiger partial charge >= 0.3 is 92.5 Å². The molecule has 0 fully saturated rings. The Bertz CT molecular complexity index is 628. The van der Waals surface area contributed by atoms with E-state index in [-0.39, 0.29) is 53.9 Å². The molecule has 0 saturated carbocycles. The summed E-state index contributed by atoms with van der Waals surface area (Å²) in [6.07, 6.45) is 0.602. The highest BCUT2D eigenvalue weighted by Gasteiger charge is 2.06. The maximum atomic E-state index is 4.47. The average molecular weight is 696 g/mol. The number of methoxy groups -OCH3 is 10. The van der Waals surface area contributed by atoms with Crippen LogP contribution < -0.4 is 43.7 Å². The molecule has 25 heteroatoms. The summed E-state index contributed by atoms with van der Waals surface area (Å²) in [5.41, 5.74) is 0. The first kappa shape index (κ1) is 65.6. The molecule has 0 aromatic carbocycles. The molecule has 0 saturated heterocycles. The summed E-state index contributed by atoms with van der Waals surface area (Å²) in [5, 5.41) is 0. The van der Waals surface area contributed by atoms with E-state index >= 15 is 0 Å². The van der Waals surface area contributed by atoms with Crippen molar-refractivity contribution < 1.29 is 70.9 Å². The van der Waals surface area contributed by atoms with Gasteiger partial charge in [-0.05, 0) is 0 Å². The fourth-order valence-electron chi connectivity index (χ4n) is 0.789. The molecule has 0 aliphatic rings. The van der Waals surface area contributed by atoms with Gasteiger partial charge in [-0.1, -0.05) is 0 Å². The summed E-state index contributed by atoms with van der Waals surface area (Å²) in [7, 11) is 14.4. The molecule has 0 aliphatic carbocycles. The van der Waals surface area contributed by atoms with E-state index in [1.807, 2.05) is 0 Å². The van der Waals surface area contributed by atoms with E-state index in [2.05, 4.69) is 130 Å². The third-order valence-corrected chi connectivity index (χ3v) is 2.86. The van der Waals surface area contributed by atoms with Crippen LogP contribution in [0.3, 0.4) is 0 Å². The fourth-order valence-corrected chi connectivity index (χ4v) is 1.53.